The maximum Gasteiger partial charge on any atom is 0.252 e. The molecule has 5 nitrogen and oxygen atoms in total. The molecule has 6 heteroatoms. The zero-order chi connectivity index (χ0) is 11.1. The van der Waals surface area contributed by atoms with E-state index in [0.29, 0.717) is 0 Å². The quantitative estimate of drug-likeness (QED) is 0.611. The van der Waals surface area contributed by atoms with Crippen LogP contribution in [0, 0.1) is 5.92 Å². The molecule has 0 aromatic heterocycles. The molecule has 0 heterocycles. The van der Waals surface area contributed by atoms with Crippen LogP contribution in [-0.2, 0) is 14.3 Å². The highest BCUT2D eigenvalue weighted by atomic mass is 19.2. The summed E-state index contributed by atoms with van der Waals surface area (Å²) in [7, 11) is 1.49. The number of likely N-dealkylation sites (N-methyl/N-ethyl adjacent to an activating group) is 1. The third-order valence-electron chi connectivity index (χ3n) is 1.75. The fourth-order valence-electron chi connectivity index (χ4n) is 0.736. The van der Waals surface area contributed by atoms with E-state index >= 15 is 0 Å². The van der Waals surface area contributed by atoms with E-state index in [1.54, 1.807) is 6.92 Å². The first kappa shape index (κ1) is 12.8. The Morgan fingerprint density at radius 3 is 2.36 bits per heavy atom. The van der Waals surface area contributed by atoms with E-state index in [-0.39, 0.29) is 12.5 Å². The molecule has 0 saturated heterocycles. The van der Waals surface area contributed by atoms with E-state index in [1.807, 2.05) is 0 Å². The van der Waals surface area contributed by atoms with Crippen LogP contribution in [0.2, 0.25) is 0 Å². The Hall–Kier alpha value is -1.17. The summed E-state index contributed by atoms with van der Waals surface area (Å²) in [4.78, 5) is 21.7. The van der Waals surface area contributed by atoms with Crippen molar-refractivity contribution >= 4 is 11.8 Å². The first-order valence-corrected chi connectivity index (χ1v) is 4.26. The van der Waals surface area contributed by atoms with E-state index in [0.717, 1.165) is 5.54 Å². The standard InChI is InChI=1S/C8H15FN2O3/c1-5(7(12)11-9)4-14-6(2)8(13)10-3/h5-6H,4H2,1-3H3,(H,10,13)(H,11,12). The lowest BCUT2D eigenvalue weighted by molar-refractivity contribution is -0.137. The molecule has 2 amide bonds. The number of hydrogen-bond acceptors (Lipinski definition) is 3. The highest BCUT2D eigenvalue weighted by Gasteiger charge is 2.17. The van der Waals surface area contributed by atoms with E-state index < -0.39 is 17.9 Å². The van der Waals surface area contributed by atoms with Gasteiger partial charge in [-0.1, -0.05) is 6.92 Å². The molecule has 2 N–H and O–H groups in total. The largest absolute Gasteiger partial charge is 0.368 e. The predicted octanol–water partition coefficient (Wildman–Crippen LogP) is -0.226. The van der Waals surface area contributed by atoms with Gasteiger partial charge in [0.2, 0.25) is 5.91 Å². The van der Waals surface area contributed by atoms with Crippen molar-refractivity contribution in [3.8, 4) is 0 Å². The minimum absolute atomic E-state index is 0.00431. The van der Waals surface area contributed by atoms with Crippen molar-refractivity contribution in [1.29, 1.82) is 0 Å². The second-order valence-electron chi connectivity index (χ2n) is 2.95. The van der Waals surface area contributed by atoms with Crippen LogP contribution in [0.1, 0.15) is 13.8 Å². The van der Waals surface area contributed by atoms with Gasteiger partial charge in [-0.05, 0) is 6.92 Å². The van der Waals surface area contributed by atoms with Crippen molar-refractivity contribution in [1.82, 2.24) is 10.9 Å². The zero-order valence-corrected chi connectivity index (χ0v) is 8.46. The number of nitrogens with one attached hydrogen (secondary N) is 2. The Labute approximate surface area is 81.9 Å². The van der Waals surface area contributed by atoms with Gasteiger partial charge in [-0.3, -0.25) is 9.59 Å². The lowest BCUT2D eigenvalue weighted by atomic mass is 10.2. The van der Waals surface area contributed by atoms with Gasteiger partial charge in [-0.15, -0.1) is 4.48 Å². The summed E-state index contributed by atoms with van der Waals surface area (Å²) < 4.78 is 16.7. The molecule has 14 heavy (non-hydrogen) atoms. The zero-order valence-electron chi connectivity index (χ0n) is 8.46. The lowest BCUT2D eigenvalue weighted by Crippen LogP contribution is -2.34. The average molecular weight is 206 g/mol. The molecule has 82 valence electrons. The summed E-state index contributed by atoms with van der Waals surface area (Å²) in [6, 6.07) is 0. The molecule has 0 radical (unpaired) electrons. The van der Waals surface area contributed by atoms with Gasteiger partial charge in [0.1, 0.15) is 6.10 Å². The minimum Gasteiger partial charge on any atom is -0.368 e. The second kappa shape index (κ2) is 6.31. The number of amides is 2. The molecule has 0 bridgehead atoms. The number of halogens is 1. The fraction of sp³-hybridized carbons (Fsp3) is 0.750. The van der Waals surface area contributed by atoms with Crippen LogP contribution in [-0.4, -0.2) is 31.6 Å². The topological polar surface area (TPSA) is 67.4 Å². The van der Waals surface area contributed by atoms with Gasteiger partial charge in [0, 0.05) is 7.05 Å². The summed E-state index contributed by atoms with van der Waals surface area (Å²) in [5, 5.41) is 2.39. The number of carbonyl (C=O) groups excluding carboxylic acids is 2. The number of rotatable bonds is 5. The van der Waals surface area contributed by atoms with Crippen LogP contribution in [0.4, 0.5) is 4.48 Å². The molecular formula is C8H15FN2O3. The van der Waals surface area contributed by atoms with Crippen LogP contribution < -0.4 is 10.9 Å². The maximum atomic E-state index is 11.7. The van der Waals surface area contributed by atoms with Crippen molar-refractivity contribution in [2.24, 2.45) is 5.92 Å². The first-order valence-electron chi connectivity index (χ1n) is 4.26. The van der Waals surface area contributed by atoms with E-state index in [1.165, 1.54) is 14.0 Å². The molecule has 0 aromatic carbocycles. The van der Waals surface area contributed by atoms with Crippen molar-refractivity contribution in [3.63, 3.8) is 0 Å². The third kappa shape index (κ3) is 4.18. The van der Waals surface area contributed by atoms with Crippen LogP contribution in [0.15, 0.2) is 0 Å². The minimum atomic E-state index is -0.755. The lowest BCUT2D eigenvalue weighted by Gasteiger charge is -2.14. The van der Waals surface area contributed by atoms with Gasteiger partial charge in [-0.2, -0.15) is 5.54 Å². The second-order valence-corrected chi connectivity index (χ2v) is 2.95. The van der Waals surface area contributed by atoms with E-state index in [2.05, 4.69) is 5.32 Å². The van der Waals surface area contributed by atoms with Crippen LogP contribution in [0.5, 0.6) is 0 Å². The smallest absolute Gasteiger partial charge is 0.252 e. The average Bonchev–Trinajstić information content (AvgIpc) is 2.22. The molecule has 2 unspecified atom stereocenters. The van der Waals surface area contributed by atoms with Crippen LogP contribution in [0.25, 0.3) is 0 Å². The van der Waals surface area contributed by atoms with Crippen molar-refractivity contribution in [2.75, 3.05) is 13.7 Å². The molecule has 0 aromatic rings. The molecule has 0 rings (SSSR count). The predicted molar refractivity (Wildman–Crippen MR) is 47.9 cm³/mol. The highest BCUT2D eigenvalue weighted by Crippen LogP contribution is 1.99. The summed E-state index contributed by atoms with van der Waals surface area (Å²) in [5.74, 6) is -1.65. The van der Waals surface area contributed by atoms with Crippen LogP contribution in [0.3, 0.4) is 0 Å². The molecule has 0 fully saturated rings. The summed E-state index contributed by atoms with van der Waals surface area (Å²) >= 11 is 0. The van der Waals surface area contributed by atoms with Gasteiger partial charge in [0.15, 0.2) is 0 Å². The maximum absolute atomic E-state index is 11.7. The molecule has 2 atom stereocenters. The van der Waals surface area contributed by atoms with Gasteiger partial charge in [0.05, 0.1) is 12.5 Å². The van der Waals surface area contributed by atoms with Crippen molar-refractivity contribution in [3.05, 3.63) is 0 Å². The number of ether oxygens (including phenoxy) is 1. The van der Waals surface area contributed by atoms with Crippen molar-refractivity contribution < 1.29 is 18.8 Å². The SMILES string of the molecule is CNC(=O)C(C)OCC(C)C(=O)NF. The van der Waals surface area contributed by atoms with Crippen LogP contribution >= 0.6 is 0 Å². The molecule has 0 aliphatic rings. The van der Waals surface area contributed by atoms with E-state index in [4.69, 9.17) is 4.74 Å². The summed E-state index contributed by atoms with van der Waals surface area (Å²) in [5.41, 5.74) is 1.01. The third-order valence-corrected chi connectivity index (χ3v) is 1.75. The first-order chi connectivity index (χ1) is 6.52. The monoisotopic (exact) mass is 206 g/mol. The Bertz CT molecular complexity index is 189. The van der Waals surface area contributed by atoms with Gasteiger partial charge in [0.25, 0.3) is 5.91 Å². The Kier molecular flexibility index (Phi) is 5.78. The molecule has 0 aliphatic carbocycles. The molecule has 0 spiro atoms. The molecular weight excluding hydrogens is 191 g/mol. The van der Waals surface area contributed by atoms with Gasteiger partial charge >= 0.3 is 0 Å². The highest BCUT2D eigenvalue weighted by molar-refractivity contribution is 5.80. The van der Waals surface area contributed by atoms with Crippen molar-refractivity contribution in [2.45, 2.75) is 20.0 Å². The normalized spacial score (nSPS) is 14.3. The van der Waals surface area contributed by atoms with E-state index in [9.17, 15) is 14.1 Å². The van der Waals surface area contributed by atoms with Gasteiger partial charge < -0.3 is 10.1 Å². The van der Waals surface area contributed by atoms with Gasteiger partial charge in [-0.25, -0.2) is 0 Å². The Morgan fingerprint density at radius 2 is 1.93 bits per heavy atom. The summed E-state index contributed by atoms with van der Waals surface area (Å²) in [6.45, 7) is 3.06. The Morgan fingerprint density at radius 1 is 1.36 bits per heavy atom. The number of carbonyl (C=O) groups is 2. The molecule has 0 saturated carbocycles. The fourth-order valence-corrected chi connectivity index (χ4v) is 0.736. The Balaban J connectivity index is 3.82. The number of hydrogen-bond donors (Lipinski definition) is 2. The molecule has 0 aliphatic heterocycles. The summed E-state index contributed by atoms with van der Waals surface area (Å²) in [6.07, 6.45) is -0.644.